The lowest BCUT2D eigenvalue weighted by atomic mass is 10.1. The van der Waals surface area contributed by atoms with Crippen molar-refractivity contribution in [3.63, 3.8) is 0 Å². The highest BCUT2D eigenvalue weighted by Gasteiger charge is 2.07. The van der Waals surface area contributed by atoms with Gasteiger partial charge >= 0.3 is 0 Å². The van der Waals surface area contributed by atoms with Gasteiger partial charge < -0.3 is 15.5 Å². The van der Waals surface area contributed by atoms with Crippen LogP contribution in [-0.2, 0) is 0 Å². The molecule has 1 aromatic carbocycles. The molecular weight excluding hydrogens is 204 g/mol. The van der Waals surface area contributed by atoms with Crippen molar-refractivity contribution in [3.8, 4) is 6.07 Å². The summed E-state index contributed by atoms with van der Waals surface area (Å²) < 4.78 is 0. The molecule has 0 saturated heterocycles. The van der Waals surface area contributed by atoms with Gasteiger partial charge in [0.1, 0.15) is 0 Å². The van der Waals surface area contributed by atoms with E-state index >= 15 is 0 Å². The minimum atomic E-state index is -0.735. The Bertz CT molecular complexity index is 356. The average Bonchev–Trinajstić information content (AvgIpc) is 2.35. The van der Waals surface area contributed by atoms with Gasteiger partial charge in [0.05, 0.1) is 24.3 Å². The number of nitriles is 1. The maximum Gasteiger partial charge on any atom is 0.0991 e. The van der Waals surface area contributed by atoms with E-state index in [0.717, 1.165) is 5.56 Å². The molecule has 16 heavy (non-hydrogen) atoms. The summed E-state index contributed by atoms with van der Waals surface area (Å²) in [4.78, 5) is 0. The predicted molar refractivity (Wildman–Crippen MR) is 60.7 cm³/mol. The molecule has 2 unspecified atom stereocenters. The molecule has 86 valence electrons. The third kappa shape index (κ3) is 3.63. The van der Waals surface area contributed by atoms with E-state index in [4.69, 9.17) is 10.4 Å². The van der Waals surface area contributed by atoms with E-state index in [9.17, 15) is 5.11 Å². The summed E-state index contributed by atoms with van der Waals surface area (Å²) in [6.07, 6.45) is -0.735. The zero-order valence-electron chi connectivity index (χ0n) is 9.22. The van der Waals surface area contributed by atoms with Crippen LogP contribution in [0.4, 0.5) is 0 Å². The normalized spacial score (nSPS) is 14.1. The molecule has 0 aliphatic carbocycles. The zero-order valence-corrected chi connectivity index (χ0v) is 9.22. The quantitative estimate of drug-likeness (QED) is 0.677. The van der Waals surface area contributed by atoms with E-state index in [2.05, 4.69) is 11.4 Å². The van der Waals surface area contributed by atoms with Crippen molar-refractivity contribution >= 4 is 0 Å². The van der Waals surface area contributed by atoms with Crippen LogP contribution in [0.25, 0.3) is 0 Å². The number of rotatable bonds is 5. The van der Waals surface area contributed by atoms with E-state index in [0.29, 0.717) is 12.1 Å². The molecule has 3 N–H and O–H groups in total. The first-order chi connectivity index (χ1) is 7.67. The zero-order chi connectivity index (χ0) is 12.0. The van der Waals surface area contributed by atoms with Crippen molar-refractivity contribution in [2.75, 3.05) is 13.2 Å². The molecule has 4 heteroatoms. The molecule has 0 fully saturated rings. The Morgan fingerprint density at radius 2 is 2.00 bits per heavy atom. The fourth-order valence-electron chi connectivity index (χ4n) is 1.34. The van der Waals surface area contributed by atoms with E-state index < -0.39 is 6.10 Å². The first-order valence-corrected chi connectivity index (χ1v) is 5.19. The fraction of sp³-hybridized carbons (Fsp3) is 0.417. The monoisotopic (exact) mass is 220 g/mol. The van der Waals surface area contributed by atoms with Gasteiger partial charge in [0.15, 0.2) is 0 Å². The van der Waals surface area contributed by atoms with Gasteiger partial charge in [-0.1, -0.05) is 12.1 Å². The molecule has 0 spiro atoms. The van der Waals surface area contributed by atoms with Crippen LogP contribution in [-0.4, -0.2) is 29.5 Å². The Morgan fingerprint density at radius 1 is 1.38 bits per heavy atom. The van der Waals surface area contributed by atoms with Crippen LogP contribution in [0.1, 0.15) is 24.1 Å². The number of benzene rings is 1. The summed E-state index contributed by atoms with van der Waals surface area (Å²) in [5, 5.41) is 29.6. The van der Waals surface area contributed by atoms with Gasteiger partial charge in [-0.15, -0.1) is 0 Å². The van der Waals surface area contributed by atoms with E-state index in [-0.39, 0.29) is 12.6 Å². The van der Waals surface area contributed by atoms with Gasteiger partial charge in [0.25, 0.3) is 0 Å². The van der Waals surface area contributed by atoms with Crippen molar-refractivity contribution in [2.45, 2.75) is 19.1 Å². The van der Waals surface area contributed by atoms with Crippen molar-refractivity contribution in [3.05, 3.63) is 35.4 Å². The van der Waals surface area contributed by atoms with Gasteiger partial charge in [0.2, 0.25) is 0 Å². The van der Waals surface area contributed by atoms with Crippen LogP contribution in [0.15, 0.2) is 24.3 Å². The molecule has 2 atom stereocenters. The Morgan fingerprint density at radius 3 is 2.50 bits per heavy atom. The number of nitrogens with one attached hydrogen (secondary N) is 1. The average molecular weight is 220 g/mol. The minimum absolute atomic E-state index is 0.0777. The lowest BCUT2D eigenvalue weighted by Gasteiger charge is -2.16. The van der Waals surface area contributed by atoms with Gasteiger partial charge in [-0.3, -0.25) is 0 Å². The standard InChI is InChI=1S/C12H16N2O2/c1-9(14-7-12(16)8-15)11-4-2-10(6-13)3-5-11/h2-5,9,12,14-16H,7-8H2,1H3. The van der Waals surface area contributed by atoms with Gasteiger partial charge in [-0.05, 0) is 24.6 Å². The van der Waals surface area contributed by atoms with Crippen LogP contribution >= 0.6 is 0 Å². The molecule has 0 aromatic heterocycles. The minimum Gasteiger partial charge on any atom is -0.394 e. The molecule has 0 saturated carbocycles. The summed E-state index contributed by atoms with van der Waals surface area (Å²) in [6.45, 7) is 2.07. The van der Waals surface area contributed by atoms with Crippen molar-refractivity contribution < 1.29 is 10.2 Å². The van der Waals surface area contributed by atoms with Crippen molar-refractivity contribution in [1.82, 2.24) is 5.32 Å². The molecule has 0 aliphatic rings. The number of hydrogen-bond acceptors (Lipinski definition) is 4. The Kier molecular flexibility index (Phi) is 4.93. The molecule has 0 bridgehead atoms. The summed E-state index contributed by atoms with van der Waals surface area (Å²) in [6, 6.07) is 9.41. The second kappa shape index (κ2) is 6.23. The molecule has 1 aromatic rings. The molecular formula is C12H16N2O2. The first kappa shape index (κ1) is 12.7. The Hall–Kier alpha value is -1.41. The van der Waals surface area contributed by atoms with Crippen LogP contribution in [0.3, 0.4) is 0 Å². The summed E-state index contributed by atoms with van der Waals surface area (Å²) in [7, 11) is 0. The number of aliphatic hydroxyl groups excluding tert-OH is 2. The second-order valence-electron chi connectivity index (χ2n) is 3.70. The lowest BCUT2D eigenvalue weighted by Crippen LogP contribution is -2.31. The molecule has 0 radical (unpaired) electrons. The largest absolute Gasteiger partial charge is 0.394 e. The number of hydrogen-bond donors (Lipinski definition) is 3. The maximum atomic E-state index is 9.18. The molecule has 0 aliphatic heterocycles. The van der Waals surface area contributed by atoms with Crippen molar-refractivity contribution in [1.29, 1.82) is 5.26 Å². The summed E-state index contributed by atoms with van der Waals surface area (Å²) in [5.41, 5.74) is 1.68. The van der Waals surface area contributed by atoms with E-state index in [1.165, 1.54) is 0 Å². The van der Waals surface area contributed by atoms with Crippen LogP contribution < -0.4 is 5.32 Å². The topological polar surface area (TPSA) is 76.3 Å². The van der Waals surface area contributed by atoms with E-state index in [1.807, 2.05) is 19.1 Å². The third-order valence-electron chi connectivity index (χ3n) is 2.41. The van der Waals surface area contributed by atoms with Gasteiger partial charge in [-0.25, -0.2) is 0 Å². The third-order valence-corrected chi connectivity index (χ3v) is 2.41. The van der Waals surface area contributed by atoms with Crippen LogP contribution in [0.5, 0.6) is 0 Å². The second-order valence-corrected chi connectivity index (χ2v) is 3.70. The summed E-state index contributed by atoms with van der Waals surface area (Å²) >= 11 is 0. The smallest absolute Gasteiger partial charge is 0.0991 e. The predicted octanol–water partition coefficient (Wildman–Crippen LogP) is 0.562. The molecule has 4 nitrogen and oxygen atoms in total. The van der Waals surface area contributed by atoms with Crippen LogP contribution in [0, 0.1) is 11.3 Å². The maximum absolute atomic E-state index is 9.18. The fourth-order valence-corrected chi connectivity index (χ4v) is 1.34. The highest BCUT2D eigenvalue weighted by molar-refractivity contribution is 5.32. The summed E-state index contributed by atoms with van der Waals surface area (Å²) in [5.74, 6) is 0. The van der Waals surface area contributed by atoms with Gasteiger partial charge in [0, 0.05) is 12.6 Å². The molecule has 1 rings (SSSR count). The van der Waals surface area contributed by atoms with Gasteiger partial charge in [-0.2, -0.15) is 5.26 Å². The Labute approximate surface area is 95.2 Å². The molecule has 0 amide bonds. The molecule has 0 heterocycles. The van der Waals surface area contributed by atoms with Crippen molar-refractivity contribution in [2.24, 2.45) is 0 Å². The highest BCUT2D eigenvalue weighted by atomic mass is 16.3. The highest BCUT2D eigenvalue weighted by Crippen LogP contribution is 2.12. The number of aliphatic hydroxyl groups is 2. The SMILES string of the molecule is CC(NCC(O)CO)c1ccc(C#N)cc1. The Balaban J connectivity index is 2.53. The lowest BCUT2D eigenvalue weighted by molar-refractivity contribution is 0.0924. The van der Waals surface area contributed by atoms with E-state index in [1.54, 1.807) is 12.1 Å². The first-order valence-electron chi connectivity index (χ1n) is 5.19. The van der Waals surface area contributed by atoms with Crippen LogP contribution in [0.2, 0.25) is 0 Å². The number of nitrogens with zero attached hydrogens (tertiary/aromatic N) is 1.